The minimum atomic E-state index is -0.331. The number of rotatable bonds is 3. The number of hydrogen-bond donors (Lipinski definition) is 1. The van der Waals surface area contributed by atoms with Crippen LogP contribution >= 0.6 is 11.6 Å². The van der Waals surface area contributed by atoms with Gasteiger partial charge in [-0.15, -0.1) is 0 Å². The Morgan fingerprint density at radius 2 is 2.13 bits per heavy atom. The summed E-state index contributed by atoms with van der Waals surface area (Å²) < 4.78 is 5.22. The first-order chi connectivity index (χ1) is 11.1. The summed E-state index contributed by atoms with van der Waals surface area (Å²) in [6, 6.07) is 3.86. The van der Waals surface area contributed by atoms with Crippen molar-refractivity contribution in [3.63, 3.8) is 0 Å². The number of nitrogens with zero attached hydrogens (tertiary/aromatic N) is 2. The van der Waals surface area contributed by atoms with Crippen molar-refractivity contribution in [1.29, 1.82) is 0 Å². The first kappa shape index (κ1) is 16.0. The van der Waals surface area contributed by atoms with E-state index < -0.39 is 0 Å². The fraction of sp³-hybridized carbons (Fsp3) is 0.412. The lowest BCUT2D eigenvalue weighted by Crippen LogP contribution is -2.44. The van der Waals surface area contributed by atoms with Crippen molar-refractivity contribution in [2.45, 2.75) is 13.8 Å². The van der Waals surface area contributed by atoms with Crippen LogP contribution in [0.25, 0.3) is 10.9 Å². The summed E-state index contributed by atoms with van der Waals surface area (Å²) in [4.78, 5) is 19.0. The number of halogens is 1. The molecule has 1 aromatic carbocycles. The SMILES string of the molecule is CCOC(=O)c1cnc2cc(Cl)c(C)cc2c1N1CCNCC1. The highest BCUT2D eigenvalue weighted by Crippen LogP contribution is 2.33. The second-order valence-corrected chi connectivity index (χ2v) is 6.00. The van der Waals surface area contributed by atoms with Gasteiger partial charge in [0.2, 0.25) is 0 Å². The average molecular weight is 334 g/mol. The highest BCUT2D eigenvalue weighted by atomic mass is 35.5. The molecule has 23 heavy (non-hydrogen) atoms. The predicted molar refractivity (Wildman–Crippen MR) is 92.5 cm³/mol. The Morgan fingerprint density at radius 1 is 1.39 bits per heavy atom. The summed E-state index contributed by atoms with van der Waals surface area (Å²) in [6.07, 6.45) is 1.60. The van der Waals surface area contributed by atoms with E-state index in [1.807, 2.05) is 19.1 Å². The average Bonchev–Trinajstić information content (AvgIpc) is 2.56. The molecule has 2 aromatic rings. The largest absolute Gasteiger partial charge is 0.462 e. The van der Waals surface area contributed by atoms with Crippen molar-refractivity contribution in [1.82, 2.24) is 10.3 Å². The van der Waals surface area contributed by atoms with Gasteiger partial charge < -0.3 is 15.0 Å². The van der Waals surface area contributed by atoms with Crippen molar-refractivity contribution in [3.8, 4) is 0 Å². The predicted octanol–water partition coefficient (Wildman–Crippen LogP) is 2.78. The number of fused-ring (bicyclic) bond motifs is 1. The number of esters is 1. The van der Waals surface area contributed by atoms with Crippen molar-refractivity contribution in [2.75, 3.05) is 37.7 Å². The smallest absolute Gasteiger partial charge is 0.341 e. The maximum atomic E-state index is 12.4. The van der Waals surface area contributed by atoms with E-state index in [2.05, 4.69) is 15.2 Å². The standard InChI is InChI=1S/C17H20ClN3O2/c1-3-23-17(22)13-10-20-15-9-14(18)11(2)8-12(15)16(13)21-6-4-19-5-7-21/h8-10,19H,3-7H2,1-2H3. The third kappa shape index (κ3) is 3.12. The lowest BCUT2D eigenvalue weighted by molar-refractivity contribution is 0.0526. The Morgan fingerprint density at radius 3 is 2.83 bits per heavy atom. The number of aryl methyl sites for hydroxylation is 1. The molecule has 0 spiro atoms. The van der Waals surface area contributed by atoms with Crippen LogP contribution in [0, 0.1) is 6.92 Å². The quantitative estimate of drug-likeness (QED) is 0.875. The molecule has 0 atom stereocenters. The van der Waals surface area contributed by atoms with E-state index >= 15 is 0 Å². The van der Waals surface area contributed by atoms with Gasteiger partial charge >= 0.3 is 5.97 Å². The number of piperazine rings is 1. The van der Waals surface area contributed by atoms with Crippen LogP contribution in [-0.4, -0.2) is 43.7 Å². The normalized spacial score (nSPS) is 15.0. The first-order valence-corrected chi connectivity index (χ1v) is 8.21. The van der Waals surface area contributed by atoms with Gasteiger partial charge in [-0.25, -0.2) is 4.79 Å². The first-order valence-electron chi connectivity index (χ1n) is 7.83. The third-order valence-corrected chi connectivity index (χ3v) is 4.46. The number of carbonyl (C=O) groups is 1. The Balaban J connectivity index is 2.21. The van der Waals surface area contributed by atoms with E-state index in [0.717, 1.165) is 48.3 Å². The number of ether oxygens (including phenoxy) is 1. The summed E-state index contributed by atoms with van der Waals surface area (Å²) in [5.41, 5.74) is 3.18. The molecule has 3 rings (SSSR count). The van der Waals surface area contributed by atoms with Gasteiger partial charge in [0, 0.05) is 42.8 Å². The summed E-state index contributed by atoms with van der Waals surface area (Å²) in [7, 11) is 0. The molecule has 5 nitrogen and oxygen atoms in total. The molecular formula is C17H20ClN3O2. The number of hydrogen-bond acceptors (Lipinski definition) is 5. The molecule has 1 fully saturated rings. The monoisotopic (exact) mass is 333 g/mol. The Kier molecular flexibility index (Phi) is 4.68. The molecule has 0 unspecified atom stereocenters. The van der Waals surface area contributed by atoms with Crippen LogP contribution in [0.5, 0.6) is 0 Å². The second kappa shape index (κ2) is 6.72. The van der Waals surface area contributed by atoms with E-state index in [0.29, 0.717) is 17.2 Å². The fourth-order valence-corrected chi connectivity index (χ4v) is 3.05. The molecule has 1 aliphatic heterocycles. The highest BCUT2D eigenvalue weighted by Gasteiger charge is 2.23. The van der Waals surface area contributed by atoms with Gasteiger partial charge in [0.15, 0.2) is 0 Å². The van der Waals surface area contributed by atoms with Crippen LogP contribution in [0.4, 0.5) is 5.69 Å². The number of benzene rings is 1. The summed E-state index contributed by atoms with van der Waals surface area (Å²) in [5, 5.41) is 4.96. The number of aromatic nitrogens is 1. The van der Waals surface area contributed by atoms with E-state index in [-0.39, 0.29) is 5.97 Å². The van der Waals surface area contributed by atoms with Gasteiger partial charge in [0.05, 0.1) is 17.8 Å². The van der Waals surface area contributed by atoms with Crippen LogP contribution in [0.15, 0.2) is 18.3 Å². The van der Waals surface area contributed by atoms with E-state index in [9.17, 15) is 4.79 Å². The van der Waals surface area contributed by atoms with Crippen molar-refractivity contribution in [2.24, 2.45) is 0 Å². The third-order valence-electron chi connectivity index (χ3n) is 4.05. The zero-order valence-electron chi connectivity index (χ0n) is 13.4. The molecule has 0 aliphatic carbocycles. The number of carbonyl (C=O) groups excluding carboxylic acids is 1. The molecule has 0 bridgehead atoms. The van der Waals surface area contributed by atoms with Gasteiger partial charge in [-0.1, -0.05) is 11.6 Å². The highest BCUT2D eigenvalue weighted by molar-refractivity contribution is 6.32. The second-order valence-electron chi connectivity index (χ2n) is 5.60. The number of pyridine rings is 1. The van der Waals surface area contributed by atoms with Crippen LogP contribution in [0.1, 0.15) is 22.8 Å². The fourth-order valence-electron chi connectivity index (χ4n) is 2.90. The Labute approximate surface area is 140 Å². The molecule has 1 aromatic heterocycles. The minimum Gasteiger partial charge on any atom is -0.462 e. The zero-order chi connectivity index (χ0) is 16.4. The number of anilines is 1. The molecule has 2 heterocycles. The lowest BCUT2D eigenvalue weighted by Gasteiger charge is -2.31. The molecule has 1 N–H and O–H groups in total. The van der Waals surface area contributed by atoms with E-state index in [4.69, 9.17) is 16.3 Å². The molecule has 0 amide bonds. The van der Waals surface area contributed by atoms with Gasteiger partial charge in [-0.3, -0.25) is 4.98 Å². The minimum absolute atomic E-state index is 0.331. The molecule has 0 radical (unpaired) electrons. The molecule has 0 saturated carbocycles. The molecular weight excluding hydrogens is 314 g/mol. The van der Waals surface area contributed by atoms with Gasteiger partial charge in [0.25, 0.3) is 0 Å². The maximum Gasteiger partial charge on any atom is 0.341 e. The van der Waals surface area contributed by atoms with E-state index in [1.54, 1.807) is 13.1 Å². The van der Waals surface area contributed by atoms with E-state index in [1.165, 1.54) is 0 Å². The molecule has 122 valence electrons. The summed E-state index contributed by atoms with van der Waals surface area (Å²) in [5.74, 6) is -0.331. The van der Waals surface area contributed by atoms with Gasteiger partial charge in [-0.05, 0) is 31.5 Å². The van der Waals surface area contributed by atoms with Gasteiger partial charge in [0.1, 0.15) is 5.56 Å². The topological polar surface area (TPSA) is 54.5 Å². The maximum absolute atomic E-state index is 12.4. The van der Waals surface area contributed by atoms with Crippen LogP contribution in [0.3, 0.4) is 0 Å². The molecule has 1 saturated heterocycles. The van der Waals surface area contributed by atoms with Crippen molar-refractivity contribution >= 4 is 34.2 Å². The van der Waals surface area contributed by atoms with Crippen LogP contribution in [-0.2, 0) is 4.74 Å². The van der Waals surface area contributed by atoms with Crippen LogP contribution < -0.4 is 10.2 Å². The zero-order valence-corrected chi connectivity index (χ0v) is 14.1. The van der Waals surface area contributed by atoms with Crippen molar-refractivity contribution in [3.05, 3.63) is 34.5 Å². The summed E-state index contributed by atoms with van der Waals surface area (Å²) in [6.45, 7) is 7.57. The Hall–Kier alpha value is -1.85. The summed E-state index contributed by atoms with van der Waals surface area (Å²) >= 11 is 6.22. The van der Waals surface area contributed by atoms with Gasteiger partial charge in [-0.2, -0.15) is 0 Å². The molecule has 6 heteroatoms. The van der Waals surface area contributed by atoms with Crippen molar-refractivity contribution < 1.29 is 9.53 Å². The van der Waals surface area contributed by atoms with Crippen LogP contribution in [0.2, 0.25) is 5.02 Å². The Bertz CT molecular complexity index is 742. The molecule has 1 aliphatic rings. The number of nitrogens with one attached hydrogen (secondary N) is 1. The lowest BCUT2D eigenvalue weighted by atomic mass is 10.0.